The SMILES string of the molecule is Cc1cc(C(=O)NCC(N2CCNCC2)C(F)(F)F)c(Cl)cc1F. The lowest BCUT2D eigenvalue weighted by atomic mass is 10.1. The fourth-order valence-corrected chi connectivity index (χ4v) is 2.80. The first-order valence-electron chi connectivity index (χ1n) is 7.45. The lowest BCUT2D eigenvalue weighted by Gasteiger charge is -2.35. The molecule has 0 saturated carbocycles. The van der Waals surface area contributed by atoms with Crippen molar-refractivity contribution in [1.29, 1.82) is 0 Å². The van der Waals surface area contributed by atoms with Gasteiger partial charge in [-0.15, -0.1) is 0 Å². The first-order chi connectivity index (χ1) is 11.2. The molecule has 0 aromatic heterocycles. The van der Waals surface area contributed by atoms with Gasteiger partial charge in [-0.25, -0.2) is 4.39 Å². The molecule has 0 bridgehead atoms. The van der Waals surface area contributed by atoms with E-state index >= 15 is 0 Å². The van der Waals surface area contributed by atoms with Crippen molar-refractivity contribution in [2.45, 2.75) is 19.1 Å². The molecule has 2 rings (SSSR count). The Labute approximate surface area is 142 Å². The van der Waals surface area contributed by atoms with Gasteiger partial charge in [-0.05, 0) is 24.6 Å². The average Bonchev–Trinajstić information content (AvgIpc) is 2.50. The predicted octanol–water partition coefficient (Wildman–Crippen LogP) is 2.35. The number of hydrogen-bond donors (Lipinski definition) is 2. The number of aryl methyl sites for hydroxylation is 1. The summed E-state index contributed by atoms with van der Waals surface area (Å²) < 4.78 is 53.2. The van der Waals surface area contributed by atoms with Gasteiger partial charge in [0, 0.05) is 32.7 Å². The summed E-state index contributed by atoms with van der Waals surface area (Å²) in [5.74, 6) is -1.34. The Morgan fingerprint density at radius 3 is 2.58 bits per heavy atom. The minimum absolute atomic E-state index is 0.0446. The first-order valence-corrected chi connectivity index (χ1v) is 7.83. The van der Waals surface area contributed by atoms with Crippen LogP contribution in [0.1, 0.15) is 15.9 Å². The third-order valence-electron chi connectivity index (χ3n) is 3.92. The van der Waals surface area contributed by atoms with E-state index in [1.54, 1.807) is 0 Å². The van der Waals surface area contributed by atoms with Crippen LogP contribution in [0.2, 0.25) is 5.02 Å². The first kappa shape index (κ1) is 19.0. The Morgan fingerprint density at radius 1 is 1.38 bits per heavy atom. The Hall–Kier alpha value is -1.38. The highest BCUT2D eigenvalue weighted by Crippen LogP contribution is 2.25. The van der Waals surface area contributed by atoms with Gasteiger partial charge in [0.25, 0.3) is 5.91 Å². The van der Waals surface area contributed by atoms with Gasteiger partial charge in [-0.3, -0.25) is 9.69 Å². The molecular weight excluding hydrogens is 350 g/mol. The molecule has 0 spiro atoms. The number of nitrogens with zero attached hydrogens (tertiary/aromatic N) is 1. The normalized spacial score (nSPS) is 17.6. The fourth-order valence-electron chi connectivity index (χ4n) is 2.56. The van der Waals surface area contributed by atoms with Crippen LogP contribution in [0.5, 0.6) is 0 Å². The van der Waals surface area contributed by atoms with Crippen molar-refractivity contribution in [2.75, 3.05) is 32.7 Å². The standard InChI is InChI=1S/C15H18ClF4N3O/c1-9-6-10(11(16)7-12(9)17)14(24)22-8-13(15(18,19)20)23-4-2-21-3-5-23/h6-7,13,21H,2-5,8H2,1H3,(H,22,24). The molecule has 1 aromatic rings. The molecule has 134 valence electrons. The van der Waals surface area contributed by atoms with Gasteiger partial charge in [-0.1, -0.05) is 11.6 Å². The van der Waals surface area contributed by atoms with Gasteiger partial charge in [0.1, 0.15) is 11.9 Å². The maximum absolute atomic E-state index is 13.4. The molecule has 1 aliphatic heterocycles. The second-order valence-corrected chi connectivity index (χ2v) is 6.04. The predicted molar refractivity (Wildman–Crippen MR) is 82.8 cm³/mol. The minimum Gasteiger partial charge on any atom is -0.350 e. The fraction of sp³-hybridized carbons (Fsp3) is 0.533. The number of alkyl halides is 3. The van der Waals surface area contributed by atoms with Crippen molar-refractivity contribution in [3.8, 4) is 0 Å². The molecule has 1 saturated heterocycles. The molecule has 1 heterocycles. The molecule has 1 fully saturated rings. The van der Waals surface area contributed by atoms with Crippen LogP contribution in [0.25, 0.3) is 0 Å². The zero-order valence-electron chi connectivity index (χ0n) is 13.0. The average molecular weight is 368 g/mol. The van der Waals surface area contributed by atoms with Crippen LogP contribution in [0.3, 0.4) is 0 Å². The van der Waals surface area contributed by atoms with Crippen molar-refractivity contribution < 1.29 is 22.4 Å². The second-order valence-electron chi connectivity index (χ2n) is 5.63. The van der Waals surface area contributed by atoms with E-state index in [0.717, 1.165) is 6.07 Å². The monoisotopic (exact) mass is 367 g/mol. The molecule has 1 unspecified atom stereocenters. The van der Waals surface area contributed by atoms with Gasteiger partial charge in [-0.2, -0.15) is 13.2 Å². The van der Waals surface area contributed by atoms with E-state index in [0.29, 0.717) is 13.1 Å². The maximum atomic E-state index is 13.4. The van der Waals surface area contributed by atoms with Crippen molar-refractivity contribution >= 4 is 17.5 Å². The Balaban J connectivity index is 2.08. The van der Waals surface area contributed by atoms with Crippen LogP contribution in [0, 0.1) is 12.7 Å². The minimum atomic E-state index is -4.47. The van der Waals surface area contributed by atoms with Crippen LogP contribution in [0.4, 0.5) is 17.6 Å². The van der Waals surface area contributed by atoms with Gasteiger partial charge in [0.15, 0.2) is 0 Å². The highest BCUT2D eigenvalue weighted by molar-refractivity contribution is 6.33. The lowest BCUT2D eigenvalue weighted by molar-refractivity contribution is -0.183. The van der Waals surface area contributed by atoms with Crippen LogP contribution in [-0.2, 0) is 0 Å². The smallest absolute Gasteiger partial charge is 0.350 e. The molecule has 1 atom stereocenters. The van der Waals surface area contributed by atoms with Crippen molar-refractivity contribution in [2.24, 2.45) is 0 Å². The van der Waals surface area contributed by atoms with E-state index in [-0.39, 0.29) is 29.2 Å². The third-order valence-corrected chi connectivity index (χ3v) is 4.23. The Morgan fingerprint density at radius 2 is 2.00 bits per heavy atom. The zero-order valence-corrected chi connectivity index (χ0v) is 13.8. The zero-order chi connectivity index (χ0) is 17.9. The molecular formula is C15H18ClF4N3O. The maximum Gasteiger partial charge on any atom is 0.405 e. The van der Waals surface area contributed by atoms with E-state index in [9.17, 15) is 22.4 Å². The van der Waals surface area contributed by atoms with Gasteiger partial charge < -0.3 is 10.6 Å². The molecule has 0 aliphatic carbocycles. The van der Waals surface area contributed by atoms with Crippen LogP contribution in [-0.4, -0.2) is 55.7 Å². The summed E-state index contributed by atoms with van der Waals surface area (Å²) in [6.07, 6.45) is -4.47. The number of halogens is 5. The van der Waals surface area contributed by atoms with E-state index in [1.807, 2.05) is 0 Å². The number of benzene rings is 1. The number of carbonyl (C=O) groups is 1. The number of carbonyl (C=O) groups excluding carboxylic acids is 1. The van der Waals surface area contributed by atoms with E-state index < -0.39 is 30.5 Å². The lowest BCUT2D eigenvalue weighted by Crippen LogP contribution is -2.57. The number of piperazine rings is 1. The van der Waals surface area contributed by atoms with Crippen molar-refractivity contribution in [1.82, 2.24) is 15.5 Å². The van der Waals surface area contributed by atoms with Gasteiger partial charge in [0.2, 0.25) is 0 Å². The highest BCUT2D eigenvalue weighted by atomic mass is 35.5. The number of amides is 1. The summed E-state index contributed by atoms with van der Waals surface area (Å²) in [5, 5.41) is 5.11. The van der Waals surface area contributed by atoms with Gasteiger partial charge >= 0.3 is 6.18 Å². The molecule has 4 nitrogen and oxygen atoms in total. The molecule has 1 amide bonds. The van der Waals surface area contributed by atoms with Gasteiger partial charge in [0.05, 0.1) is 10.6 Å². The highest BCUT2D eigenvalue weighted by Gasteiger charge is 2.43. The number of rotatable bonds is 4. The molecule has 1 aromatic carbocycles. The topological polar surface area (TPSA) is 44.4 Å². The number of hydrogen-bond acceptors (Lipinski definition) is 3. The molecule has 24 heavy (non-hydrogen) atoms. The summed E-state index contributed by atoms with van der Waals surface area (Å²) in [4.78, 5) is 13.4. The van der Waals surface area contributed by atoms with Crippen molar-refractivity contribution in [3.63, 3.8) is 0 Å². The molecule has 1 aliphatic rings. The van der Waals surface area contributed by atoms with E-state index in [1.165, 1.54) is 17.9 Å². The number of nitrogens with one attached hydrogen (secondary N) is 2. The molecule has 0 radical (unpaired) electrons. The second kappa shape index (κ2) is 7.67. The molecule has 2 N–H and O–H groups in total. The summed E-state index contributed by atoms with van der Waals surface area (Å²) in [5.41, 5.74) is 0.149. The Bertz CT molecular complexity index is 603. The van der Waals surface area contributed by atoms with E-state index in [4.69, 9.17) is 11.6 Å². The molecule has 9 heteroatoms. The summed E-state index contributed by atoms with van der Waals surface area (Å²) in [6, 6.07) is 0.424. The van der Waals surface area contributed by atoms with Crippen LogP contribution < -0.4 is 10.6 Å². The summed E-state index contributed by atoms with van der Waals surface area (Å²) >= 11 is 5.81. The van der Waals surface area contributed by atoms with Crippen LogP contribution in [0.15, 0.2) is 12.1 Å². The van der Waals surface area contributed by atoms with E-state index in [2.05, 4.69) is 10.6 Å². The summed E-state index contributed by atoms with van der Waals surface area (Å²) in [6.45, 7) is 2.27. The van der Waals surface area contributed by atoms with Crippen molar-refractivity contribution in [3.05, 3.63) is 34.1 Å². The third kappa shape index (κ3) is 4.58. The van der Waals surface area contributed by atoms with Crippen LogP contribution >= 0.6 is 11.6 Å². The summed E-state index contributed by atoms with van der Waals surface area (Å²) in [7, 11) is 0. The largest absolute Gasteiger partial charge is 0.405 e. The Kier molecular flexibility index (Phi) is 6.06. The quantitative estimate of drug-likeness (QED) is 0.803.